The standard InChI is InChI=1S/C16H22N2/c1-12-5-6-15(14(3)13(12)2)9-18(4)11-16(10-17)7-8-16/h5-6H,7-9,11H2,1-4H3. The molecule has 0 saturated heterocycles. The van der Waals surface area contributed by atoms with Crippen LogP contribution in [0.3, 0.4) is 0 Å². The van der Waals surface area contributed by atoms with Crippen molar-refractivity contribution >= 4 is 0 Å². The van der Waals surface area contributed by atoms with Crippen molar-refractivity contribution in [3.63, 3.8) is 0 Å². The molecule has 0 unspecified atom stereocenters. The summed E-state index contributed by atoms with van der Waals surface area (Å²) in [4.78, 5) is 2.29. The fourth-order valence-electron chi connectivity index (χ4n) is 2.50. The second-order valence-corrected chi connectivity index (χ2v) is 5.86. The van der Waals surface area contributed by atoms with Crippen molar-refractivity contribution in [3.05, 3.63) is 34.4 Å². The van der Waals surface area contributed by atoms with Crippen LogP contribution in [0.4, 0.5) is 0 Å². The van der Waals surface area contributed by atoms with Gasteiger partial charge in [-0.1, -0.05) is 12.1 Å². The molecule has 0 spiro atoms. The van der Waals surface area contributed by atoms with Gasteiger partial charge >= 0.3 is 0 Å². The minimum absolute atomic E-state index is 0.0393. The van der Waals surface area contributed by atoms with E-state index >= 15 is 0 Å². The molecule has 0 radical (unpaired) electrons. The summed E-state index contributed by atoms with van der Waals surface area (Å²) in [7, 11) is 2.12. The van der Waals surface area contributed by atoms with Gasteiger partial charge in [-0.15, -0.1) is 0 Å². The molecule has 1 saturated carbocycles. The van der Waals surface area contributed by atoms with Gasteiger partial charge in [-0.3, -0.25) is 0 Å². The molecule has 0 amide bonds. The summed E-state index contributed by atoms with van der Waals surface area (Å²) in [5.74, 6) is 0. The first-order valence-electron chi connectivity index (χ1n) is 6.63. The van der Waals surface area contributed by atoms with Crippen LogP contribution in [0.1, 0.15) is 35.1 Å². The lowest BCUT2D eigenvalue weighted by Crippen LogP contribution is -2.26. The smallest absolute Gasteiger partial charge is 0.0703 e. The van der Waals surface area contributed by atoms with Crippen molar-refractivity contribution in [1.82, 2.24) is 4.90 Å². The maximum Gasteiger partial charge on any atom is 0.0703 e. The van der Waals surface area contributed by atoms with E-state index in [-0.39, 0.29) is 5.41 Å². The highest BCUT2D eigenvalue weighted by molar-refractivity contribution is 5.38. The van der Waals surface area contributed by atoms with Crippen molar-refractivity contribution in [2.24, 2.45) is 5.41 Å². The highest BCUT2D eigenvalue weighted by Gasteiger charge is 2.43. The lowest BCUT2D eigenvalue weighted by atomic mass is 9.98. The third kappa shape index (κ3) is 2.57. The molecule has 1 aromatic rings. The van der Waals surface area contributed by atoms with Crippen LogP contribution in [-0.4, -0.2) is 18.5 Å². The van der Waals surface area contributed by atoms with E-state index in [1.165, 1.54) is 22.3 Å². The summed E-state index contributed by atoms with van der Waals surface area (Å²) >= 11 is 0. The van der Waals surface area contributed by atoms with Gasteiger partial charge in [0.25, 0.3) is 0 Å². The summed E-state index contributed by atoms with van der Waals surface area (Å²) in [5, 5.41) is 9.13. The summed E-state index contributed by atoms with van der Waals surface area (Å²) in [6.07, 6.45) is 2.14. The first kappa shape index (κ1) is 13.1. The van der Waals surface area contributed by atoms with Gasteiger partial charge in [-0.2, -0.15) is 5.26 Å². The van der Waals surface area contributed by atoms with Crippen molar-refractivity contribution in [3.8, 4) is 6.07 Å². The molecule has 2 heteroatoms. The molecule has 1 fully saturated rings. The van der Waals surface area contributed by atoms with Gasteiger partial charge in [0.05, 0.1) is 11.5 Å². The maximum absolute atomic E-state index is 9.13. The Hall–Kier alpha value is -1.33. The Labute approximate surface area is 110 Å². The molecule has 0 aromatic heterocycles. The number of nitriles is 1. The molecule has 2 rings (SSSR count). The highest BCUT2D eigenvalue weighted by atomic mass is 15.1. The van der Waals surface area contributed by atoms with Crippen LogP contribution < -0.4 is 0 Å². The van der Waals surface area contributed by atoms with Gasteiger partial charge < -0.3 is 4.90 Å². The van der Waals surface area contributed by atoms with Gasteiger partial charge in [0.1, 0.15) is 0 Å². The first-order valence-corrected chi connectivity index (χ1v) is 6.63. The molecule has 2 nitrogen and oxygen atoms in total. The van der Waals surface area contributed by atoms with Crippen LogP contribution in [0.2, 0.25) is 0 Å². The Balaban J connectivity index is 2.06. The van der Waals surface area contributed by atoms with Crippen LogP contribution in [-0.2, 0) is 6.54 Å². The summed E-state index contributed by atoms with van der Waals surface area (Å²) in [6, 6.07) is 6.88. The zero-order valence-corrected chi connectivity index (χ0v) is 11.9. The van der Waals surface area contributed by atoms with E-state index in [1.54, 1.807) is 0 Å². The predicted molar refractivity (Wildman–Crippen MR) is 74.3 cm³/mol. The molecule has 0 N–H and O–H groups in total. The van der Waals surface area contributed by atoms with Crippen molar-refractivity contribution in [1.29, 1.82) is 5.26 Å². The lowest BCUT2D eigenvalue weighted by Gasteiger charge is -2.21. The van der Waals surface area contributed by atoms with Gasteiger partial charge in [0.15, 0.2) is 0 Å². The third-order valence-corrected chi connectivity index (χ3v) is 4.27. The summed E-state index contributed by atoms with van der Waals surface area (Å²) in [6.45, 7) is 8.38. The number of hydrogen-bond donors (Lipinski definition) is 0. The molecule has 1 aliphatic rings. The monoisotopic (exact) mass is 242 g/mol. The Bertz CT molecular complexity index is 493. The average Bonchev–Trinajstić information content (AvgIpc) is 3.10. The lowest BCUT2D eigenvalue weighted by molar-refractivity contribution is 0.286. The number of rotatable bonds is 4. The van der Waals surface area contributed by atoms with E-state index in [1.807, 2.05) is 0 Å². The van der Waals surface area contributed by atoms with Crippen LogP contribution in [0.5, 0.6) is 0 Å². The molecule has 0 heterocycles. The number of nitrogens with zero attached hydrogens (tertiary/aromatic N) is 2. The summed E-state index contributed by atoms with van der Waals surface area (Å²) < 4.78 is 0. The number of aryl methyl sites for hydroxylation is 1. The minimum Gasteiger partial charge on any atom is -0.301 e. The van der Waals surface area contributed by atoms with E-state index in [9.17, 15) is 0 Å². The van der Waals surface area contributed by atoms with Crippen LogP contribution >= 0.6 is 0 Å². The van der Waals surface area contributed by atoms with Gasteiger partial charge in [0, 0.05) is 13.1 Å². The zero-order chi connectivity index (χ0) is 13.3. The van der Waals surface area contributed by atoms with Crippen LogP contribution in [0.15, 0.2) is 12.1 Å². The largest absolute Gasteiger partial charge is 0.301 e. The van der Waals surface area contributed by atoms with E-state index in [0.29, 0.717) is 0 Å². The second kappa shape index (κ2) is 4.74. The van der Waals surface area contributed by atoms with Gasteiger partial charge in [0.2, 0.25) is 0 Å². The molecule has 0 aliphatic heterocycles. The first-order chi connectivity index (χ1) is 8.47. The molecule has 0 atom stereocenters. The topological polar surface area (TPSA) is 27.0 Å². The quantitative estimate of drug-likeness (QED) is 0.809. The SMILES string of the molecule is Cc1ccc(CN(C)CC2(C#N)CC2)c(C)c1C. The number of benzene rings is 1. The highest BCUT2D eigenvalue weighted by Crippen LogP contribution is 2.45. The van der Waals surface area contributed by atoms with Crippen LogP contribution in [0.25, 0.3) is 0 Å². The minimum atomic E-state index is -0.0393. The van der Waals surface area contributed by atoms with Gasteiger partial charge in [-0.05, 0) is 62.9 Å². The Morgan fingerprint density at radius 3 is 2.44 bits per heavy atom. The third-order valence-electron chi connectivity index (χ3n) is 4.27. The molecule has 0 bridgehead atoms. The maximum atomic E-state index is 9.13. The molecule has 96 valence electrons. The van der Waals surface area contributed by atoms with Crippen molar-refractivity contribution in [2.45, 2.75) is 40.2 Å². The average molecular weight is 242 g/mol. The Morgan fingerprint density at radius 1 is 1.22 bits per heavy atom. The van der Waals surface area contributed by atoms with E-state index < -0.39 is 0 Å². The zero-order valence-electron chi connectivity index (χ0n) is 11.9. The van der Waals surface area contributed by atoms with Crippen LogP contribution in [0, 0.1) is 37.5 Å². The second-order valence-electron chi connectivity index (χ2n) is 5.86. The molecule has 1 aromatic carbocycles. The molecule has 1 aliphatic carbocycles. The predicted octanol–water partition coefficient (Wildman–Crippen LogP) is 3.35. The fraction of sp³-hybridized carbons (Fsp3) is 0.562. The van der Waals surface area contributed by atoms with E-state index in [4.69, 9.17) is 5.26 Å². The molecule has 18 heavy (non-hydrogen) atoms. The number of hydrogen-bond acceptors (Lipinski definition) is 2. The van der Waals surface area contributed by atoms with Crippen molar-refractivity contribution < 1.29 is 0 Å². The van der Waals surface area contributed by atoms with E-state index in [0.717, 1.165) is 25.9 Å². The summed E-state index contributed by atoms with van der Waals surface area (Å²) in [5.41, 5.74) is 5.48. The van der Waals surface area contributed by atoms with Gasteiger partial charge in [-0.25, -0.2) is 0 Å². The Kier molecular flexibility index (Phi) is 3.45. The van der Waals surface area contributed by atoms with E-state index in [2.05, 4.69) is 50.9 Å². The molecular formula is C16H22N2. The molecular weight excluding hydrogens is 220 g/mol. The Morgan fingerprint density at radius 2 is 1.89 bits per heavy atom. The normalized spacial score (nSPS) is 16.7. The fourth-order valence-corrected chi connectivity index (χ4v) is 2.50. The van der Waals surface area contributed by atoms with Crippen molar-refractivity contribution in [2.75, 3.05) is 13.6 Å².